The van der Waals surface area contributed by atoms with Gasteiger partial charge < -0.3 is 15.1 Å². The van der Waals surface area contributed by atoms with Gasteiger partial charge in [0.1, 0.15) is 0 Å². The fourth-order valence-electron chi connectivity index (χ4n) is 2.51. The zero-order chi connectivity index (χ0) is 21.7. The Labute approximate surface area is 178 Å². The Morgan fingerprint density at radius 3 is 2.13 bits per heavy atom. The zero-order valence-electron chi connectivity index (χ0n) is 15.8. The molecule has 0 aliphatic carbocycles. The minimum absolute atomic E-state index is 0.0406. The van der Waals surface area contributed by atoms with Crippen molar-refractivity contribution in [2.75, 3.05) is 24.2 Å². The van der Waals surface area contributed by atoms with Gasteiger partial charge in [0, 0.05) is 23.4 Å². The highest BCUT2D eigenvalue weighted by molar-refractivity contribution is 7.89. The van der Waals surface area contributed by atoms with Gasteiger partial charge in [-0.1, -0.05) is 11.6 Å². The first kappa shape index (κ1) is 21.6. The lowest BCUT2D eigenvalue weighted by molar-refractivity contribution is -0.116. The average molecular weight is 448 g/mol. The molecule has 2 aromatic carbocycles. The van der Waals surface area contributed by atoms with E-state index in [9.17, 15) is 18.0 Å². The Morgan fingerprint density at radius 2 is 1.57 bits per heavy atom. The third-order valence-electron chi connectivity index (χ3n) is 4.06. The van der Waals surface area contributed by atoms with Crippen molar-refractivity contribution in [1.29, 1.82) is 0 Å². The number of amides is 2. The summed E-state index contributed by atoms with van der Waals surface area (Å²) < 4.78 is 31.0. The highest BCUT2D eigenvalue weighted by Crippen LogP contribution is 2.18. The number of rotatable bonds is 7. The van der Waals surface area contributed by atoms with E-state index >= 15 is 0 Å². The number of furan rings is 1. The number of carbonyl (C=O) groups is 2. The summed E-state index contributed by atoms with van der Waals surface area (Å²) in [5.41, 5.74) is 0.963. The molecule has 0 spiro atoms. The molecule has 0 atom stereocenters. The molecular weight excluding hydrogens is 430 g/mol. The predicted molar refractivity (Wildman–Crippen MR) is 113 cm³/mol. The van der Waals surface area contributed by atoms with E-state index in [1.807, 2.05) is 0 Å². The lowest BCUT2D eigenvalue weighted by Crippen LogP contribution is -2.34. The van der Waals surface area contributed by atoms with Gasteiger partial charge in [-0.2, -0.15) is 4.31 Å². The number of hydrogen-bond donors (Lipinski definition) is 2. The highest BCUT2D eigenvalue weighted by atomic mass is 35.5. The van der Waals surface area contributed by atoms with Crippen LogP contribution in [0.5, 0.6) is 0 Å². The molecule has 0 fully saturated rings. The SMILES string of the molecule is CN(CC(=O)Nc1ccc(NC(=O)c2ccco2)cc1)S(=O)(=O)c1ccc(Cl)cc1. The van der Waals surface area contributed by atoms with Gasteiger partial charge in [-0.25, -0.2) is 8.42 Å². The van der Waals surface area contributed by atoms with Crippen molar-refractivity contribution in [3.63, 3.8) is 0 Å². The topological polar surface area (TPSA) is 109 Å². The summed E-state index contributed by atoms with van der Waals surface area (Å²) in [6.45, 7) is -0.373. The number of anilines is 2. The maximum absolute atomic E-state index is 12.5. The van der Waals surface area contributed by atoms with E-state index < -0.39 is 21.8 Å². The molecule has 3 rings (SSSR count). The fraction of sp³-hybridized carbons (Fsp3) is 0.100. The van der Waals surface area contributed by atoms with Crippen molar-refractivity contribution in [1.82, 2.24) is 4.31 Å². The van der Waals surface area contributed by atoms with Crippen LogP contribution >= 0.6 is 11.6 Å². The molecule has 2 N–H and O–H groups in total. The van der Waals surface area contributed by atoms with E-state index in [4.69, 9.17) is 16.0 Å². The Bertz CT molecular complexity index is 1130. The molecule has 2 amide bonds. The first-order chi connectivity index (χ1) is 14.3. The van der Waals surface area contributed by atoms with E-state index in [0.717, 1.165) is 4.31 Å². The van der Waals surface area contributed by atoms with E-state index in [1.54, 1.807) is 36.4 Å². The van der Waals surface area contributed by atoms with Crippen molar-refractivity contribution in [3.05, 3.63) is 77.7 Å². The second-order valence-corrected chi connectivity index (χ2v) is 8.75. The number of nitrogens with one attached hydrogen (secondary N) is 2. The van der Waals surface area contributed by atoms with Crippen LogP contribution in [0.2, 0.25) is 5.02 Å². The van der Waals surface area contributed by atoms with E-state index in [0.29, 0.717) is 16.4 Å². The summed E-state index contributed by atoms with van der Waals surface area (Å²) in [5.74, 6) is -0.731. The maximum atomic E-state index is 12.5. The van der Waals surface area contributed by atoms with Crippen LogP contribution in [-0.4, -0.2) is 38.1 Å². The normalized spacial score (nSPS) is 11.3. The molecule has 0 bridgehead atoms. The molecule has 10 heteroatoms. The minimum atomic E-state index is -3.83. The van der Waals surface area contributed by atoms with Gasteiger partial charge in [-0.15, -0.1) is 0 Å². The van der Waals surface area contributed by atoms with Crippen LogP contribution in [0.25, 0.3) is 0 Å². The fourth-order valence-corrected chi connectivity index (χ4v) is 3.76. The predicted octanol–water partition coefficient (Wildman–Crippen LogP) is 3.44. The van der Waals surface area contributed by atoms with Gasteiger partial charge in [0.15, 0.2) is 5.76 Å². The number of nitrogens with zero attached hydrogens (tertiary/aromatic N) is 1. The van der Waals surface area contributed by atoms with E-state index in [-0.39, 0.29) is 17.2 Å². The Kier molecular flexibility index (Phi) is 6.56. The van der Waals surface area contributed by atoms with Gasteiger partial charge in [0.05, 0.1) is 17.7 Å². The van der Waals surface area contributed by atoms with Gasteiger partial charge in [0.25, 0.3) is 5.91 Å². The Morgan fingerprint density at radius 1 is 0.967 bits per heavy atom. The lowest BCUT2D eigenvalue weighted by atomic mass is 10.2. The molecule has 3 aromatic rings. The smallest absolute Gasteiger partial charge is 0.291 e. The largest absolute Gasteiger partial charge is 0.459 e. The number of likely N-dealkylation sites (N-methyl/N-ethyl adjacent to an activating group) is 1. The minimum Gasteiger partial charge on any atom is -0.459 e. The second kappa shape index (κ2) is 9.12. The summed E-state index contributed by atoms with van der Waals surface area (Å²) in [4.78, 5) is 24.2. The van der Waals surface area contributed by atoms with Crippen LogP contribution in [0.3, 0.4) is 0 Å². The van der Waals surface area contributed by atoms with Gasteiger partial charge in [-0.05, 0) is 60.7 Å². The van der Waals surface area contributed by atoms with Crippen molar-refractivity contribution in [2.45, 2.75) is 4.90 Å². The Hall–Kier alpha value is -3.14. The molecule has 0 saturated carbocycles. The Balaban J connectivity index is 1.57. The van der Waals surface area contributed by atoms with Crippen LogP contribution < -0.4 is 10.6 Å². The molecule has 0 aliphatic heterocycles. The van der Waals surface area contributed by atoms with Crippen molar-refractivity contribution in [2.24, 2.45) is 0 Å². The summed E-state index contributed by atoms with van der Waals surface area (Å²) >= 11 is 5.78. The van der Waals surface area contributed by atoms with Crippen LogP contribution in [0.15, 0.2) is 76.2 Å². The van der Waals surface area contributed by atoms with Crippen molar-refractivity contribution >= 4 is 44.8 Å². The highest BCUT2D eigenvalue weighted by Gasteiger charge is 2.23. The van der Waals surface area contributed by atoms with Crippen molar-refractivity contribution < 1.29 is 22.4 Å². The number of sulfonamides is 1. The molecule has 8 nitrogen and oxygen atoms in total. The second-order valence-electron chi connectivity index (χ2n) is 6.27. The molecule has 0 unspecified atom stereocenters. The molecule has 0 aliphatic rings. The van der Waals surface area contributed by atoms with Crippen LogP contribution in [-0.2, 0) is 14.8 Å². The number of halogens is 1. The third kappa shape index (κ3) is 5.26. The maximum Gasteiger partial charge on any atom is 0.291 e. The summed E-state index contributed by atoms with van der Waals surface area (Å²) in [7, 11) is -2.51. The summed E-state index contributed by atoms with van der Waals surface area (Å²) in [6.07, 6.45) is 1.40. The molecule has 1 aromatic heterocycles. The number of carbonyl (C=O) groups excluding carboxylic acids is 2. The molecule has 0 radical (unpaired) electrons. The molecule has 0 saturated heterocycles. The van der Waals surface area contributed by atoms with E-state index in [1.165, 1.54) is 37.6 Å². The van der Waals surface area contributed by atoms with E-state index in [2.05, 4.69) is 10.6 Å². The summed E-state index contributed by atoms with van der Waals surface area (Å²) in [5, 5.41) is 5.69. The summed E-state index contributed by atoms with van der Waals surface area (Å²) in [6, 6.07) is 15.2. The lowest BCUT2D eigenvalue weighted by Gasteiger charge is -2.17. The van der Waals surface area contributed by atoms with Gasteiger partial charge >= 0.3 is 0 Å². The first-order valence-corrected chi connectivity index (χ1v) is 10.5. The molecule has 1 heterocycles. The monoisotopic (exact) mass is 447 g/mol. The molecular formula is C20H18ClN3O5S. The van der Waals surface area contributed by atoms with Crippen molar-refractivity contribution in [3.8, 4) is 0 Å². The zero-order valence-corrected chi connectivity index (χ0v) is 17.4. The number of benzene rings is 2. The quantitative estimate of drug-likeness (QED) is 0.576. The molecule has 156 valence electrons. The molecule has 30 heavy (non-hydrogen) atoms. The van der Waals surface area contributed by atoms with Gasteiger partial charge in [-0.3, -0.25) is 9.59 Å². The van der Waals surface area contributed by atoms with Crippen LogP contribution in [0.4, 0.5) is 11.4 Å². The number of hydrogen-bond acceptors (Lipinski definition) is 5. The van der Waals surface area contributed by atoms with Gasteiger partial charge in [0.2, 0.25) is 15.9 Å². The first-order valence-electron chi connectivity index (χ1n) is 8.72. The van der Waals surface area contributed by atoms with Crippen LogP contribution in [0.1, 0.15) is 10.6 Å². The third-order valence-corrected chi connectivity index (χ3v) is 6.13. The van der Waals surface area contributed by atoms with Crippen LogP contribution in [0, 0.1) is 0 Å². The standard InChI is InChI=1S/C20H18ClN3O5S/c1-24(30(27,28)17-10-4-14(21)5-11-17)13-19(25)22-15-6-8-16(9-7-15)23-20(26)18-3-2-12-29-18/h2-12H,13H2,1H3,(H,22,25)(H,23,26). The average Bonchev–Trinajstić information content (AvgIpc) is 3.25.